The molecule has 0 atom stereocenters. The number of aromatic nitrogens is 1. The summed E-state index contributed by atoms with van der Waals surface area (Å²) in [7, 11) is 0. The molecular weight excluding hydrogens is 298 g/mol. The molecule has 2 N–H and O–H groups in total. The van der Waals surface area contributed by atoms with Gasteiger partial charge in [0.05, 0.1) is 0 Å². The number of amides is 1. The molecule has 0 aliphatic carbocycles. The van der Waals surface area contributed by atoms with Crippen LogP contribution >= 0.6 is 11.6 Å². The Hall–Kier alpha value is -2.07. The highest BCUT2D eigenvalue weighted by atomic mass is 35.5. The Morgan fingerprint density at radius 3 is 2.64 bits per heavy atom. The third-order valence-corrected chi connectivity index (χ3v) is 3.28. The van der Waals surface area contributed by atoms with Crippen LogP contribution in [0.3, 0.4) is 0 Å². The Morgan fingerprint density at radius 2 is 1.95 bits per heavy atom. The Kier molecular flexibility index (Phi) is 5.03. The van der Waals surface area contributed by atoms with Crippen LogP contribution in [0.4, 0.5) is 5.69 Å². The lowest BCUT2D eigenvalue weighted by molar-refractivity contribution is 0.0946. The fourth-order valence-corrected chi connectivity index (χ4v) is 2.18. The Balaban J connectivity index is 2.04. The molecule has 0 saturated carbocycles. The van der Waals surface area contributed by atoms with Crippen LogP contribution in [0.2, 0.25) is 5.02 Å². The third-order valence-electron chi connectivity index (χ3n) is 2.91. The van der Waals surface area contributed by atoms with E-state index in [1.807, 2.05) is 24.3 Å². The van der Waals surface area contributed by atoms with Crippen molar-refractivity contribution in [1.82, 2.24) is 10.3 Å². The zero-order valence-electron chi connectivity index (χ0n) is 13.0. The standard InChI is InChI=1S/C17H20ClN3O/c1-17(2,3)21-13-8-9-19-15(10-13)16(22)20-11-12-6-4-5-7-14(12)18/h4-10H,11H2,1-3H3,(H,19,21)(H,20,22). The van der Waals surface area contributed by atoms with Crippen molar-refractivity contribution in [2.45, 2.75) is 32.9 Å². The number of benzene rings is 1. The molecule has 0 spiro atoms. The first-order valence-corrected chi connectivity index (χ1v) is 7.49. The van der Waals surface area contributed by atoms with Crippen molar-refractivity contribution in [3.05, 3.63) is 58.9 Å². The molecule has 0 radical (unpaired) electrons. The van der Waals surface area contributed by atoms with Crippen molar-refractivity contribution in [3.8, 4) is 0 Å². The van der Waals surface area contributed by atoms with Gasteiger partial charge in [0, 0.05) is 29.0 Å². The summed E-state index contributed by atoms with van der Waals surface area (Å²) in [6.45, 7) is 6.55. The van der Waals surface area contributed by atoms with E-state index < -0.39 is 0 Å². The normalized spacial score (nSPS) is 11.1. The van der Waals surface area contributed by atoms with E-state index in [4.69, 9.17) is 11.6 Å². The fourth-order valence-electron chi connectivity index (χ4n) is 1.97. The van der Waals surface area contributed by atoms with Gasteiger partial charge in [-0.25, -0.2) is 0 Å². The number of hydrogen-bond acceptors (Lipinski definition) is 3. The second kappa shape index (κ2) is 6.79. The number of halogens is 1. The van der Waals surface area contributed by atoms with Crippen molar-refractivity contribution >= 4 is 23.2 Å². The third kappa shape index (κ3) is 4.74. The van der Waals surface area contributed by atoms with Crippen molar-refractivity contribution in [2.24, 2.45) is 0 Å². The minimum Gasteiger partial charge on any atom is -0.380 e. The van der Waals surface area contributed by atoms with Gasteiger partial charge in [0.25, 0.3) is 5.91 Å². The van der Waals surface area contributed by atoms with Crippen molar-refractivity contribution in [2.75, 3.05) is 5.32 Å². The summed E-state index contributed by atoms with van der Waals surface area (Å²) in [6.07, 6.45) is 1.62. The molecule has 0 fully saturated rings. The van der Waals surface area contributed by atoms with Gasteiger partial charge in [-0.1, -0.05) is 29.8 Å². The summed E-state index contributed by atoms with van der Waals surface area (Å²) in [5, 5.41) is 6.79. The van der Waals surface area contributed by atoms with Crippen LogP contribution in [0.15, 0.2) is 42.6 Å². The average molecular weight is 318 g/mol. The van der Waals surface area contributed by atoms with Gasteiger partial charge < -0.3 is 10.6 Å². The van der Waals surface area contributed by atoms with Gasteiger partial charge in [0.1, 0.15) is 5.69 Å². The van der Waals surface area contributed by atoms with Crippen LogP contribution in [0.5, 0.6) is 0 Å². The molecule has 1 heterocycles. The molecule has 22 heavy (non-hydrogen) atoms. The maximum Gasteiger partial charge on any atom is 0.270 e. The second-order valence-corrected chi connectivity index (χ2v) is 6.49. The van der Waals surface area contributed by atoms with Crippen molar-refractivity contribution < 1.29 is 4.79 Å². The first-order valence-electron chi connectivity index (χ1n) is 7.11. The van der Waals surface area contributed by atoms with Crippen LogP contribution in [0.25, 0.3) is 0 Å². The molecule has 0 bridgehead atoms. The van der Waals surface area contributed by atoms with E-state index in [0.717, 1.165) is 11.3 Å². The molecule has 0 aliphatic rings. The number of nitrogens with one attached hydrogen (secondary N) is 2. The Bertz CT molecular complexity index is 665. The molecule has 116 valence electrons. The number of hydrogen-bond donors (Lipinski definition) is 2. The van der Waals surface area contributed by atoms with E-state index in [9.17, 15) is 4.79 Å². The highest BCUT2D eigenvalue weighted by Crippen LogP contribution is 2.16. The predicted octanol–water partition coefficient (Wildman–Crippen LogP) is 3.88. The Morgan fingerprint density at radius 1 is 1.23 bits per heavy atom. The first kappa shape index (κ1) is 16.3. The SMILES string of the molecule is CC(C)(C)Nc1ccnc(C(=O)NCc2ccccc2Cl)c1. The maximum atomic E-state index is 12.2. The van der Waals surface area contributed by atoms with E-state index in [-0.39, 0.29) is 11.4 Å². The molecule has 1 aromatic heterocycles. The minimum atomic E-state index is -0.225. The van der Waals surface area contributed by atoms with Crippen LogP contribution in [-0.2, 0) is 6.54 Å². The van der Waals surface area contributed by atoms with Crippen LogP contribution in [-0.4, -0.2) is 16.4 Å². The summed E-state index contributed by atoms with van der Waals surface area (Å²) in [5.41, 5.74) is 2.04. The highest BCUT2D eigenvalue weighted by molar-refractivity contribution is 6.31. The molecule has 0 unspecified atom stereocenters. The number of pyridine rings is 1. The largest absolute Gasteiger partial charge is 0.380 e. The zero-order valence-corrected chi connectivity index (χ0v) is 13.7. The van der Waals surface area contributed by atoms with Crippen LogP contribution in [0.1, 0.15) is 36.8 Å². The quantitative estimate of drug-likeness (QED) is 0.900. The van der Waals surface area contributed by atoms with Crippen molar-refractivity contribution in [1.29, 1.82) is 0 Å². The molecule has 0 aliphatic heterocycles. The van der Waals surface area contributed by atoms with Crippen LogP contribution in [0, 0.1) is 0 Å². The molecular formula is C17H20ClN3O. The number of carbonyl (C=O) groups is 1. The van der Waals surface area contributed by atoms with E-state index >= 15 is 0 Å². The topological polar surface area (TPSA) is 54.0 Å². The number of nitrogens with zero attached hydrogens (tertiary/aromatic N) is 1. The molecule has 2 rings (SSSR count). The van der Waals surface area contributed by atoms with Gasteiger partial charge in [0.15, 0.2) is 0 Å². The monoisotopic (exact) mass is 317 g/mol. The lowest BCUT2D eigenvalue weighted by Gasteiger charge is -2.22. The lowest BCUT2D eigenvalue weighted by atomic mass is 10.1. The van der Waals surface area contributed by atoms with Crippen LogP contribution < -0.4 is 10.6 Å². The highest BCUT2D eigenvalue weighted by Gasteiger charge is 2.12. The number of anilines is 1. The van der Waals surface area contributed by atoms with Gasteiger partial charge in [-0.3, -0.25) is 9.78 Å². The zero-order chi connectivity index (χ0) is 16.2. The van der Waals surface area contributed by atoms with E-state index in [1.54, 1.807) is 18.3 Å². The van der Waals surface area contributed by atoms with Gasteiger partial charge >= 0.3 is 0 Å². The van der Waals surface area contributed by atoms with E-state index in [0.29, 0.717) is 17.3 Å². The lowest BCUT2D eigenvalue weighted by Crippen LogP contribution is -2.27. The summed E-state index contributed by atoms with van der Waals surface area (Å²) in [6, 6.07) is 11.0. The predicted molar refractivity (Wildman–Crippen MR) is 90.2 cm³/mol. The van der Waals surface area contributed by atoms with Gasteiger partial charge in [-0.05, 0) is 44.5 Å². The van der Waals surface area contributed by atoms with Crippen molar-refractivity contribution in [3.63, 3.8) is 0 Å². The maximum absolute atomic E-state index is 12.2. The molecule has 0 saturated heterocycles. The van der Waals surface area contributed by atoms with Gasteiger partial charge in [-0.15, -0.1) is 0 Å². The van der Waals surface area contributed by atoms with Gasteiger partial charge in [0.2, 0.25) is 0 Å². The van der Waals surface area contributed by atoms with E-state index in [2.05, 4.69) is 36.4 Å². The molecule has 1 aromatic carbocycles. The summed E-state index contributed by atoms with van der Waals surface area (Å²) in [4.78, 5) is 16.3. The first-order chi connectivity index (χ1) is 10.3. The summed E-state index contributed by atoms with van der Waals surface area (Å²) < 4.78 is 0. The average Bonchev–Trinajstić information content (AvgIpc) is 2.44. The number of carbonyl (C=O) groups excluding carboxylic acids is 1. The molecule has 4 nitrogen and oxygen atoms in total. The fraction of sp³-hybridized carbons (Fsp3) is 0.294. The molecule has 5 heteroatoms. The minimum absolute atomic E-state index is 0.0767. The Labute approximate surface area is 135 Å². The molecule has 1 amide bonds. The van der Waals surface area contributed by atoms with E-state index in [1.165, 1.54) is 0 Å². The second-order valence-electron chi connectivity index (χ2n) is 6.08. The smallest absolute Gasteiger partial charge is 0.270 e. The van der Waals surface area contributed by atoms with Gasteiger partial charge in [-0.2, -0.15) is 0 Å². The summed E-state index contributed by atoms with van der Waals surface area (Å²) in [5.74, 6) is -0.225. The molecule has 2 aromatic rings. The number of rotatable bonds is 4. The summed E-state index contributed by atoms with van der Waals surface area (Å²) >= 11 is 6.07.